The first-order valence-electron chi connectivity index (χ1n) is 8.93. The van der Waals surface area contributed by atoms with Crippen molar-refractivity contribution < 1.29 is 9.53 Å². The van der Waals surface area contributed by atoms with Gasteiger partial charge in [0.1, 0.15) is 11.5 Å². The number of ether oxygens (including phenoxy) is 1. The van der Waals surface area contributed by atoms with E-state index in [1.54, 1.807) is 0 Å². The summed E-state index contributed by atoms with van der Waals surface area (Å²) in [5.74, 6) is 1.01. The summed E-state index contributed by atoms with van der Waals surface area (Å²) in [6, 6.07) is 8.83. The molecule has 0 spiro atoms. The Bertz CT molecular complexity index is 1020. The molecule has 2 heterocycles. The van der Waals surface area contributed by atoms with Gasteiger partial charge in [-0.05, 0) is 25.0 Å². The Morgan fingerprint density at radius 2 is 2.04 bits per heavy atom. The number of hydrogen-bond acceptors (Lipinski definition) is 4. The van der Waals surface area contributed by atoms with E-state index in [1.807, 2.05) is 31.2 Å². The zero-order valence-electron chi connectivity index (χ0n) is 15.9. The van der Waals surface area contributed by atoms with Gasteiger partial charge in [-0.15, -0.1) is 0 Å². The van der Waals surface area contributed by atoms with E-state index in [2.05, 4.69) is 28.7 Å². The average Bonchev–Trinajstić information content (AvgIpc) is 2.99. The molecule has 0 radical (unpaired) electrons. The fourth-order valence-corrected chi connectivity index (χ4v) is 3.07. The highest BCUT2D eigenvalue weighted by atomic mass is 16.5. The van der Waals surface area contributed by atoms with Crippen LogP contribution >= 0.6 is 0 Å². The maximum atomic E-state index is 12.6. The van der Waals surface area contributed by atoms with Crippen LogP contribution in [0.1, 0.15) is 43.1 Å². The molecule has 7 nitrogen and oxygen atoms in total. The molecule has 27 heavy (non-hydrogen) atoms. The summed E-state index contributed by atoms with van der Waals surface area (Å²) >= 11 is 0. The quantitative estimate of drug-likeness (QED) is 0.700. The highest BCUT2D eigenvalue weighted by molar-refractivity contribution is 5.92. The van der Waals surface area contributed by atoms with Crippen LogP contribution in [0.4, 0.5) is 0 Å². The normalized spacial score (nSPS) is 12.3. The van der Waals surface area contributed by atoms with Gasteiger partial charge in [0.2, 0.25) is 5.43 Å². The van der Waals surface area contributed by atoms with Gasteiger partial charge in [-0.2, -0.15) is 0 Å². The first-order chi connectivity index (χ1) is 12.9. The summed E-state index contributed by atoms with van der Waals surface area (Å²) in [7, 11) is 1.41. The minimum atomic E-state index is -0.370. The van der Waals surface area contributed by atoms with Crippen LogP contribution in [0.5, 0.6) is 5.75 Å². The van der Waals surface area contributed by atoms with Gasteiger partial charge in [0, 0.05) is 18.8 Å². The molecule has 1 aromatic carbocycles. The van der Waals surface area contributed by atoms with Crippen molar-refractivity contribution in [1.29, 1.82) is 0 Å². The fourth-order valence-electron chi connectivity index (χ4n) is 3.07. The van der Waals surface area contributed by atoms with E-state index < -0.39 is 0 Å². The lowest BCUT2D eigenvalue weighted by Crippen LogP contribution is -2.30. The van der Waals surface area contributed by atoms with Gasteiger partial charge in [-0.1, -0.05) is 26.0 Å². The number of para-hydroxylation sites is 2. The van der Waals surface area contributed by atoms with Gasteiger partial charge in [0.25, 0.3) is 5.91 Å². The number of nitrogens with one attached hydrogen (secondary N) is 2. The molecule has 0 saturated heterocycles. The summed E-state index contributed by atoms with van der Waals surface area (Å²) in [4.78, 5) is 32.0. The zero-order chi connectivity index (χ0) is 19.6. The van der Waals surface area contributed by atoms with E-state index in [0.29, 0.717) is 5.92 Å². The monoisotopic (exact) mass is 368 g/mol. The number of carbonyl (C=O) groups is 1. The molecule has 0 aliphatic rings. The Labute approximate surface area is 157 Å². The molecule has 1 atom stereocenters. The minimum Gasteiger partial charge on any atom is -0.491 e. The SMILES string of the molecule is COc1c[nH]c(C(=O)N[C@@H](C)c2nc3ccccc3n2CC(C)C)cc1=O. The molecule has 0 saturated carbocycles. The number of methoxy groups -OCH3 is 1. The maximum Gasteiger partial charge on any atom is 0.268 e. The van der Waals surface area contributed by atoms with Crippen LogP contribution in [0.2, 0.25) is 0 Å². The van der Waals surface area contributed by atoms with Crippen LogP contribution in [0.25, 0.3) is 11.0 Å². The number of hydrogen-bond donors (Lipinski definition) is 2. The van der Waals surface area contributed by atoms with Crippen molar-refractivity contribution in [3.05, 3.63) is 58.3 Å². The molecule has 142 valence electrons. The van der Waals surface area contributed by atoms with E-state index in [4.69, 9.17) is 9.72 Å². The first kappa shape index (κ1) is 18.7. The van der Waals surface area contributed by atoms with Gasteiger partial charge in [-0.3, -0.25) is 9.59 Å². The predicted molar refractivity (Wildman–Crippen MR) is 104 cm³/mol. The third-order valence-corrected chi connectivity index (χ3v) is 4.31. The van der Waals surface area contributed by atoms with Crippen molar-refractivity contribution in [1.82, 2.24) is 19.9 Å². The lowest BCUT2D eigenvalue weighted by atomic mass is 10.2. The number of aromatic amines is 1. The summed E-state index contributed by atoms with van der Waals surface area (Å²) < 4.78 is 7.07. The number of nitrogens with zero attached hydrogens (tertiary/aromatic N) is 2. The van der Waals surface area contributed by atoms with E-state index in [9.17, 15) is 9.59 Å². The summed E-state index contributed by atoms with van der Waals surface area (Å²) in [6.07, 6.45) is 1.38. The summed E-state index contributed by atoms with van der Waals surface area (Å²) in [5.41, 5.74) is 1.77. The van der Waals surface area contributed by atoms with Crippen molar-refractivity contribution >= 4 is 16.9 Å². The first-order valence-corrected chi connectivity index (χ1v) is 8.93. The van der Waals surface area contributed by atoms with E-state index in [0.717, 1.165) is 23.4 Å². The Hall–Kier alpha value is -3.09. The van der Waals surface area contributed by atoms with Gasteiger partial charge in [0.15, 0.2) is 5.75 Å². The molecule has 0 bridgehead atoms. The number of carbonyl (C=O) groups excluding carboxylic acids is 1. The van der Waals surface area contributed by atoms with Gasteiger partial charge >= 0.3 is 0 Å². The van der Waals surface area contributed by atoms with Crippen LogP contribution < -0.4 is 15.5 Å². The Morgan fingerprint density at radius 1 is 1.30 bits per heavy atom. The number of benzene rings is 1. The zero-order valence-corrected chi connectivity index (χ0v) is 15.9. The van der Waals surface area contributed by atoms with E-state index in [-0.39, 0.29) is 28.8 Å². The number of fused-ring (bicyclic) bond motifs is 1. The molecule has 0 fully saturated rings. The third kappa shape index (κ3) is 3.86. The van der Waals surface area contributed by atoms with Crippen molar-refractivity contribution in [2.75, 3.05) is 7.11 Å². The molecule has 3 aromatic rings. The maximum absolute atomic E-state index is 12.6. The van der Waals surface area contributed by atoms with Crippen molar-refractivity contribution in [3.63, 3.8) is 0 Å². The van der Waals surface area contributed by atoms with Gasteiger partial charge < -0.3 is 19.6 Å². The highest BCUT2D eigenvalue weighted by Crippen LogP contribution is 2.22. The molecular weight excluding hydrogens is 344 g/mol. The van der Waals surface area contributed by atoms with Gasteiger partial charge in [-0.25, -0.2) is 4.98 Å². The number of aromatic nitrogens is 3. The molecule has 0 unspecified atom stereocenters. The lowest BCUT2D eigenvalue weighted by molar-refractivity contribution is 0.0932. The van der Waals surface area contributed by atoms with Crippen molar-refractivity contribution in [2.24, 2.45) is 5.92 Å². The summed E-state index contributed by atoms with van der Waals surface area (Å²) in [5, 5.41) is 2.92. The number of H-pyrrole nitrogens is 1. The van der Waals surface area contributed by atoms with E-state index in [1.165, 1.54) is 19.4 Å². The summed E-state index contributed by atoms with van der Waals surface area (Å²) in [6.45, 7) is 6.97. The molecular formula is C20H24N4O3. The standard InChI is InChI=1S/C20H24N4O3/c1-12(2)11-24-16-8-6-5-7-14(16)23-19(24)13(3)22-20(26)15-9-17(25)18(27-4)10-21-15/h5-10,12-13H,11H2,1-4H3,(H,21,25)(H,22,26)/t13-/m0/s1. The van der Waals surface area contributed by atoms with Crippen LogP contribution in [-0.2, 0) is 6.54 Å². The van der Waals surface area contributed by atoms with Crippen LogP contribution in [0.3, 0.4) is 0 Å². The third-order valence-electron chi connectivity index (χ3n) is 4.31. The average molecular weight is 368 g/mol. The molecule has 2 N–H and O–H groups in total. The topological polar surface area (TPSA) is 89.0 Å². The smallest absolute Gasteiger partial charge is 0.268 e. The van der Waals surface area contributed by atoms with Crippen LogP contribution in [0.15, 0.2) is 41.3 Å². The Balaban J connectivity index is 1.89. The van der Waals surface area contributed by atoms with Crippen LogP contribution in [0, 0.1) is 5.92 Å². The number of pyridine rings is 1. The molecule has 7 heteroatoms. The number of imidazole rings is 1. The molecule has 2 aromatic heterocycles. The molecule has 3 rings (SSSR count). The molecule has 0 aliphatic heterocycles. The molecule has 1 amide bonds. The largest absolute Gasteiger partial charge is 0.491 e. The van der Waals surface area contributed by atoms with Crippen LogP contribution in [-0.4, -0.2) is 27.6 Å². The minimum absolute atomic E-state index is 0.165. The van der Waals surface area contributed by atoms with E-state index >= 15 is 0 Å². The second-order valence-corrected chi connectivity index (χ2v) is 6.94. The highest BCUT2D eigenvalue weighted by Gasteiger charge is 2.20. The lowest BCUT2D eigenvalue weighted by Gasteiger charge is -2.17. The predicted octanol–water partition coefficient (Wildman–Crippen LogP) is 2.88. The number of rotatable bonds is 6. The number of amides is 1. The second-order valence-electron chi connectivity index (χ2n) is 6.94. The second kappa shape index (κ2) is 7.65. The van der Waals surface area contributed by atoms with Gasteiger partial charge in [0.05, 0.1) is 24.2 Å². The Morgan fingerprint density at radius 3 is 2.70 bits per heavy atom. The van der Waals surface area contributed by atoms with Crippen molar-refractivity contribution in [2.45, 2.75) is 33.4 Å². The molecule has 0 aliphatic carbocycles. The Kier molecular flexibility index (Phi) is 5.30. The van der Waals surface area contributed by atoms with Crippen molar-refractivity contribution in [3.8, 4) is 5.75 Å². The fraction of sp³-hybridized carbons (Fsp3) is 0.350.